The highest BCUT2D eigenvalue weighted by atomic mass is 127. The smallest absolute Gasteiger partial charge is 0.191 e. The number of guanidine groups is 1. The lowest BCUT2D eigenvalue weighted by Gasteiger charge is -2.14. The monoisotopic (exact) mass is 472 g/mol. The minimum Gasteiger partial charge on any atom is -0.391 e. The van der Waals surface area contributed by atoms with E-state index in [1.165, 1.54) is 0 Å². The summed E-state index contributed by atoms with van der Waals surface area (Å²) in [5, 5.41) is 24.7. The van der Waals surface area contributed by atoms with Crippen molar-refractivity contribution in [3.63, 3.8) is 0 Å². The fraction of sp³-hybridized carbons (Fsp3) is 0.500. The summed E-state index contributed by atoms with van der Waals surface area (Å²) in [6.45, 7) is 6.70. The normalized spacial score (nSPS) is 12.3. The minimum atomic E-state index is -0.498. The predicted octanol–water partition coefficient (Wildman–Crippen LogP) is 1.62. The molecule has 1 aromatic heterocycles. The van der Waals surface area contributed by atoms with Crippen LogP contribution in [0.25, 0.3) is 0 Å². The average Bonchev–Trinajstić information content (AvgIpc) is 3.08. The second-order valence-corrected chi connectivity index (χ2v) is 5.78. The Hall–Kier alpha value is -1.68. The number of rotatable bonds is 9. The Balaban J connectivity index is 0.00000338. The molecule has 0 radical (unpaired) electrons. The molecule has 2 aromatic rings. The lowest BCUT2D eigenvalue weighted by Crippen LogP contribution is -2.39. The Morgan fingerprint density at radius 1 is 1.23 bits per heavy atom. The Kier molecular flexibility index (Phi) is 10.9. The second-order valence-electron chi connectivity index (χ2n) is 5.78. The number of hydrogen-bond donors (Lipinski definition) is 3. The zero-order valence-corrected chi connectivity index (χ0v) is 17.8. The van der Waals surface area contributed by atoms with Crippen LogP contribution in [-0.2, 0) is 19.4 Å². The van der Waals surface area contributed by atoms with Gasteiger partial charge < -0.3 is 20.3 Å². The van der Waals surface area contributed by atoms with Crippen LogP contribution in [0.2, 0.25) is 0 Å². The fourth-order valence-corrected chi connectivity index (χ4v) is 2.52. The summed E-state index contributed by atoms with van der Waals surface area (Å²) < 4.78 is 2.03. The summed E-state index contributed by atoms with van der Waals surface area (Å²) >= 11 is 0. The summed E-state index contributed by atoms with van der Waals surface area (Å²) in [5.41, 5.74) is 1.11. The van der Waals surface area contributed by atoms with Crippen LogP contribution in [0.1, 0.15) is 25.2 Å². The van der Waals surface area contributed by atoms with Crippen molar-refractivity contribution in [1.29, 1.82) is 0 Å². The van der Waals surface area contributed by atoms with E-state index in [9.17, 15) is 5.11 Å². The van der Waals surface area contributed by atoms with Gasteiger partial charge in [-0.25, -0.2) is 0 Å². The van der Waals surface area contributed by atoms with Crippen molar-refractivity contribution < 1.29 is 5.11 Å². The number of benzene rings is 1. The topological polar surface area (TPSA) is 87.4 Å². The Morgan fingerprint density at radius 2 is 2.00 bits per heavy atom. The van der Waals surface area contributed by atoms with Gasteiger partial charge in [-0.1, -0.05) is 37.3 Å². The summed E-state index contributed by atoms with van der Waals surface area (Å²) in [6.07, 6.45) is 2.71. The molecule has 1 atom stereocenters. The summed E-state index contributed by atoms with van der Waals surface area (Å²) in [5.74, 6) is 1.68. The molecule has 0 aliphatic heterocycles. The van der Waals surface area contributed by atoms with Crippen LogP contribution in [0.4, 0.5) is 0 Å². The molecule has 0 aliphatic carbocycles. The first kappa shape index (κ1) is 22.4. The minimum absolute atomic E-state index is 0. The molecule has 0 saturated carbocycles. The van der Waals surface area contributed by atoms with Crippen molar-refractivity contribution in [3.8, 4) is 0 Å². The van der Waals surface area contributed by atoms with Crippen molar-refractivity contribution in [2.45, 2.75) is 39.3 Å². The maximum Gasteiger partial charge on any atom is 0.191 e. The van der Waals surface area contributed by atoms with E-state index in [1.807, 2.05) is 41.8 Å². The quantitative estimate of drug-likeness (QED) is 0.293. The van der Waals surface area contributed by atoms with E-state index in [0.29, 0.717) is 25.5 Å². The summed E-state index contributed by atoms with van der Waals surface area (Å²) in [6, 6.07) is 9.96. The van der Waals surface area contributed by atoms with Gasteiger partial charge >= 0.3 is 0 Å². The van der Waals surface area contributed by atoms with Crippen LogP contribution in [0, 0.1) is 0 Å². The van der Waals surface area contributed by atoms with E-state index >= 15 is 0 Å². The first-order valence-electron chi connectivity index (χ1n) is 8.83. The van der Waals surface area contributed by atoms with E-state index in [-0.39, 0.29) is 24.0 Å². The molecular weight excluding hydrogens is 443 g/mol. The molecule has 1 heterocycles. The van der Waals surface area contributed by atoms with E-state index in [4.69, 9.17) is 0 Å². The van der Waals surface area contributed by atoms with Crippen LogP contribution < -0.4 is 10.6 Å². The summed E-state index contributed by atoms with van der Waals surface area (Å²) in [7, 11) is 0. The van der Waals surface area contributed by atoms with Crippen LogP contribution in [0.5, 0.6) is 0 Å². The Bertz CT molecular complexity index is 646. The highest BCUT2D eigenvalue weighted by molar-refractivity contribution is 14.0. The molecule has 1 aromatic carbocycles. The predicted molar refractivity (Wildman–Crippen MR) is 115 cm³/mol. The Morgan fingerprint density at radius 3 is 2.69 bits per heavy atom. The van der Waals surface area contributed by atoms with Gasteiger partial charge in [0.2, 0.25) is 0 Å². The van der Waals surface area contributed by atoms with Crippen LogP contribution >= 0.6 is 24.0 Å². The first-order chi connectivity index (χ1) is 12.2. The van der Waals surface area contributed by atoms with Gasteiger partial charge in [-0.3, -0.25) is 4.99 Å². The fourth-order valence-electron chi connectivity index (χ4n) is 2.52. The molecule has 0 amide bonds. The third kappa shape index (κ3) is 7.69. The van der Waals surface area contributed by atoms with Crippen LogP contribution in [-0.4, -0.2) is 51.6 Å². The van der Waals surface area contributed by atoms with Gasteiger partial charge in [0.05, 0.1) is 12.6 Å². The number of aliphatic imine (C=N–C) groups is 1. The Labute approximate surface area is 172 Å². The zero-order chi connectivity index (χ0) is 17.9. The maximum atomic E-state index is 10.2. The van der Waals surface area contributed by atoms with Crippen molar-refractivity contribution in [2.75, 3.05) is 19.6 Å². The standard InChI is InChI=1S/C18H28N6O.HI/c1-3-17-23-22-14-24(17)11-10-20-18(19-4-2)21-13-16(25)12-15-8-6-5-7-9-15;/h5-9,14,16,25H,3-4,10-13H2,1-2H3,(H2,19,20,21);1H. The van der Waals surface area contributed by atoms with Gasteiger partial charge in [-0.2, -0.15) is 0 Å². The third-order valence-electron chi connectivity index (χ3n) is 3.78. The molecule has 0 bridgehead atoms. The first-order valence-corrected chi connectivity index (χ1v) is 8.83. The molecule has 3 N–H and O–H groups in total. The van der Waals surface area contributed by atoms with Crippen molar-refractivity contribution in [1.82, 2.24) is 25.4 Å². The number of hydrogen-bond acceptors (Lipinski definition) is 4. The largest absolute Gasteiger partial charge is 0.391 e. The number of aryl methyl sites for hydroxylation is 1. The molecule has 0 spiro atoms. The van der Waals surface area contributed by atoms with Gasteiger partial charge in [-0.15, -0.1) is 34.2 Å². The molecule has 0 saturated heterocycles. The average molecular weight is 472 g/mol. The molecular formula is C18H29IN6O. The van der Waals surface area contributed by atoms with Gasteiger partial charge in [0.1, 0.15) is 12.2 Å². The number of nitrogens with zero attached hydrogens (tertiary/aromatic N) is 4. The van der Waals surface area contributed by atoms with Gasteiger partial charge in [0, 0.05) is 32.5 Å². The van der Waals surface area contributed by atoms with E-state index in [1.54, 1.807) is 6.33 Å². The van der Waals surface area contributed by atoms with Crippen molar-refractivity contribution >= 4 is 29.9 Å². The molecule has 0 fully saturated rings. The number of aliphatic hydroxyl groups is 1. The number of halogens is 1. The second kappa shape index (κ2) is 12.6. The maximum absolute atomic E-state index is 10.2. The van der Waals surface area contributed by atoms with E-state index in [0.717, 1.165) is 30.9 Å². The van der Waals surface area contributed by atoms with Crippen LogP contribution in [0.15, 0.2) is 41.7 Å². The highest BCUT2D eigenvalue weighted by Crippen LogP contribution is 2.03. The summed E-state index contributed by atoms with van der Waals surface area (Å²) in [4.78, 5) is 4.47. The molecule has 2 rings (SSSR count). The number of nitrogens with one attached hydrogen (secondary N) is 2. The SMILES string of the molecule is CCNC(=NCC(O)Cc1ccccc1)NCCn1cnnc1CC.I. The highest BCUT2D eigenvalue weighted by Gasteiger charge is 2.06. The van der Waals surface area contributed by atoms with E-state index < -0.39 is 6.10 Å². The zero-order valence-electron chi connectivity index (χ0n) is 15.4. The molecule has 26 heavy (non-hydrogen) atoms. The van der Waals surface area contributed by atoms with Crippen molar-refractivity contribution in [3.05, 3.63) is 48.0 Å². The number of aliphatic hydroxyl groups excluding tert-OH is 1. The molecule has 144 valence electrons. The van der Waals surface area contributed by atoms with Crippen molar-refractivity contribution in [2.24, 2.45) is 4.99 Å². The lowest BCUT2D eigenvalue weighted by atomic mass is 10.1. The molecule has 8 heteroatoms. The van der Waals surface area contributed by atoms with E-state index in [2.05, 4.69) is 32.7 Å². The van der Waals surface area contributed by atoms with Gasteiger partial charge in [0.15, 0.2) is 5.96 Å². The van der Waals surface area contributed by atoms with Gasteiger partial charge in [0.25, 0.3) is 0 Å². The molecule has 1 unspecified atom stereocenters. The van der Waals surface area contributed by atoms with Crippen LogP contribution in [0.3, 0.4) is 0 Å². The number of aromatic nitrogens is 3. The lowest BCUT2D eigenvalue weighted by molar-refractivity contribution is 0.183. The molecule has 0 aliphatic rings. The van der Waals surface area contributed by atoms with Gasteiger partial charge in [-0.05, 0) is 12.5 Å². The third-order valence-corrected chi connectivity index (χ3v) is 3.78. The molecule has 7 nitrogen and oxygen atoms in total.